The number of para-hydroxylation sites is 1. The minimum atomic E-state index is -0.163. The second kappa shape index (κ2) is 7.39. The summed E-state index contributed by atoms with van der Waals surface area (Å²) in [5.74, 6) is -0.104. The van der Waals surface area contributed by atoms with Gasteiger partial charge in [0.05, 0.1) is 16.9 Å². The van der Waals surface area contributed by atoms with E-state index in [1.54, 1.807) is 40.7 Å². The third-order valence-electron chi connectivity index (χ3n) is 5.71. The maximum absolute atomic E-state index is 13.4. The lowest BCUT2D eigenvalue weighted by molar-refractivity contribution is 0.0951. The SMILES string of the molecule is Cc1ccc(C(=O)NC2CC2)cc1-c1cc2cnn(-c3ccccc3Cl)c2n(C)c1=O. The van der Waals surface area contributed by atoms with Crippen LogP contribution in [0.3, 0.4) is 0 Å². The standard InChI is InChI=1S/C24H21ClN4O2/c1-14-7-8-15(22(30)27-17-9-10-17)11-18(14)19-12-16-13-26-29(23(16)28(2)24(19)31)21-6-4-3-5-20(21)25/h3-8,11-13,17H,9-10H2,1-2H3,(H,27,30). The van der Waals surface area contributed by atoms with Gasteiger partial charge >= 0.3 is 0 Å². The van der Waals surface area contributed by atoms with Crippen LogP contribution in [0.15, 0.2) is 59.5 Å². The van der Waals surface area contributed by atoms with Crippen LogP contribution < -0.4 is 10.9 Å². The van der Waals surface area contributed by atoms with E-state index >= 15 is 0 Å². The average Bonchev–Trinajstić information content (AvgIpc) is 3.47. The van der Waals surface area contributed by atoms with Gasteiger partial charge in [0, 0.05) is 29.6 Å². The molecule has 1 fully saturated rings. The maximum Gasteiger partial charge on any atom is 0.259 e. The number of fused-ring (bicyclic) bond motifs is 1. The largest absolute Gasteiger partial charge is 0.349 e. The number of carbonyl (C=O) groups is 1. The van der Waals surface area contributed by atoms with Crippen molar-refractivity contribution in [2.24, 2.45) is 7.05 Å². The summed E-state index contributed by atoms with van der Waals surface area (Å²) < 4.78 is 3.26. The summed E-state index contributed by atoms with van der Waals surface area (Å²) in [6.45, 7) is 1.94. The first-order chi connectivity index (χ1) is 14.9. The molecular weight excluding hydrogens is 412 g/mol. The molecular formula is C24H21ClN4O2. The van der Waals surface area contributed by atoms with E-state index < -0.39 is 0 Å². The lowest BCUT2D eigenvalue weighted by atomic mass is 9.98. The lowest BCUT2D eigenvalue weighted by Gasteiger charge is -2.13. The van der Waals surface area contributed by atoms with E-state index in [-0.39, 0.29) is 17.5 Å². The average molecular weight is 433 g/mol. The molecule has 156 valence electrons. The van der Waals surface area contributed by atoms with Crippen LogP contribution in [-0.4, -0.2) is 26.3 Å². The molecule has 6 nitrogen and oxygen atoms in total. The minimum absolute atomic E-state index is 0.104. The molecule has 1 aliphatic carbocycles. The van der Waals surface area contributed by atoms with Crippen LogP contribution in [0.25, 0.3) is 27.8 Å². The maximum atomic E-state index is 13.4. The van der Waals surface area contributed by atoms with Crippen LogP contribution in [0.1, 0.15) is 28.8 Å². The molecule has 1 saturated carbocycles. The van der Waals surface area contributed by atoms with E-state index in [4.69, 9.17) is 11.6 Å². The number of pyridine rings is 1. The molecule has 2 aromatic heterocycles. The number of nitrogens with zero attached hydrogens (tertiary/aromatic N) is 3. The molecule has 7 heteroatoms. The normalized spacial score (nSPS) is 13.5. The fourth-order valence-corrected chi connectivity index (χ4v) is 4.04. The highest BCUT2D eigenvalue weighted by Gasteiger charge is 2.24. The molecule has 5 rings (SSSR count). The van der Waals surface area contributed by atoms with Gasteiger partial charge in [0.15, 0.2) is 0 Å². The Bertz CT molecular complexity index is 1400. The topological polar surface area (TPSA) is 68.9 Å². The number of hydrogen-bond acceptors (Lipinski definition) is 3. The zero-order chi connectivity index (χ0) is 21.7. The smallest absolute Gasteiger partial charge is 0.259 e. The molecule has 0 aliphatic heterocycles. The van der Waals surface area contributed by atoms with Crippen molar-refractivity contribution < 1.29 is 4.79 Å². The number of benzene rings is 2. The van der Waals surface area contributed by atoms with Crippen molar-refractivity contribution in [1.82, 2.24) is 19.7 Å². The molecule has 0 spiro atoms. The number of aromatic nitrogens is 3. The van der Waals surface area contributed by atoms with Crippen LogP contribution in [0.2, 0.25) is 5.02 Å². The summed E-state index contributed by atoms with van der Waals surface area (Å²) in [6, 6.07) is 15.0. The Labute approximate surface area is 184 Å². The number of carbonyl (C=O) groups excluding carboxylic acids is 1. The number of halogens is 1. The number of hydrogen-bond donors (Lipinski definition) is 1. The highest BCUT2D eigenvalue weighted by molar-refractivity contribution is 6.32. The van der Waals surface area contributed by atoms with Crippen molar-refractivity contribution in [3.05, 3.63) is 81.2 Å². The molecule has 2 aromatic carbocycles. The molecule has 4 aromatic rings. The second-order valence-electron chi connectivity index (χ2n) is 7.99. The van der Waals surface area contributed by atoms with Crippen molar-refractivity contribution in [2.75, 3.05) is 0 Å². The molecule has 1 aliphatic rings. The highest BCUT2D eigenvalue weighted by atomic mass is 35.5. The van der Waals surface area contributed by atoms with Gasteiger partial charge in [-0.15, -0.1) is 0 Å². The first kappa shape index (κ1) is 19.6. The van der Waals surface area contributed by atoms with Crippen molar-refractivity contribution in [2.45, 2.75) is 25.8 Å². The summed E-state index contributed by atoms with van der Waals surface area (Å²) in [6.07, 6.45) is 3.77. The van der Waals surface area contributed by atoms with E-state index in [0.717, 1.165) is 29.4 Å². The number of nitrogens with one attached hydrogen (secondary N) is 1. The Morgan fingerprint density at radius 3 is 2.65 bits per heavy atom. The Balaban J connectivity index is 1.65. The fraction of sp³-hybridized carbons (Fsp3) is 0.208. The van der Waals surface area contributed by atoms with Gasteiger partial charge < -0.3 is 5.32 Å². The monoisotopic (exact) mass is 432 g/mol. The second-order valence-corrected chi connectivity index (χ2v) is 8.39. The van der Waals surface area contributed by atoms with Crippen molar-refractivity contribution in [3.8, 4) is 16.8 Å². The van der Waals surface area contributed by atoms with Crippen molar-refractivity contribution in [3.63, 3.8) is 0 Å². The summed E-state index contributed by atoms with van der Waals surface area (Å²) in [7, 11) is 1.72. The fourth-order valence-electron chi connectivity index (χ4n) is 3.83. The van der Waals surface area contributed by atoms with Gasteiger partial charge in [-0.05, 0) is 61.2 Å². The van der Waals surface area contributed by atoms with Crippen molar-refractivity contribution in [1.29, 1.82) is 0 Å². The van der Waals surface area contributed by atoms with Gasteiger partial charge in [-0.3, -0.25) is 14.2 Å². The van der Waals surface area contributed by atoms with Gasteiger partial charge in [-0.25, -0.2) is 4.68 Å². The van der Waals surface area contributed by atoms with Gasteiger partial charge in [-0.1, -0.05) is 29.8 Å². The zero-order valence-electron chi connectivity index (χ0n) is 17.2. The predicted molar refractivity (Wildman–Crippen MR) is 122 cm³/mol. The molecule has 2 heterocycles. The van der Waals surface area contributed by atoms with Crippen molar-refractivity contribution >= 4 is 28.5 Å². The Hall–Kier alpha value is -3.38. The minimum Gasteiger partial charge on any atom is -0.349 e. The lowest BCUT2D eigenvalue weighted by Crippen LogP contribution is -2.25. The molecule has 0 saturated heterocycles. The quantitative estimate of drug-likeness (QED) is 0.524. The Morgan fingerprint density at radius 2 is 1.90 bits per heavy atom. The zero-order valence-corrected chi connectivity index (χ0v) is 18.0. The van der Waals surface area contributed by atoms with E-state index in [1.165, 1.54) is 0 Å². The van der Waals surface area contributed by atoms with Crippen LogP contribution in [0.5, 0.6) is 0 Å². The van der Waals surface area contributed by atoms with Gasteiger partial charge in [0.2, 0.25) is 0 Å². The van der Waals surface area contributed by atoms with Crippen LogP contribution in [0.4, 0.5) is 0 Å². The van der Waals surface area contributed by atoms with Gasteiger partial charge in [0.1, 0.15) is 5.65 Å². The molecule has 1 amide bonds. The molecule has 0 radical (unpaired) electrons. The van der Waals surface area contributed by atoms with Crippen LogP contribution in [0, 0.1) is 6.92 Å². The molecule has 31 heavy (non-hydrogen) atoms. The summed E-state index contributed by atoms with van der Waals surface area (Å²) in [4.78, 5) is 25.9. The van der Waals surface area contributed by atoms with Gasteiger partial charge in [-0.2, -0.15) is 5.10 Å². The number of amides is 1. The summed E-state index contributed by atoms with van der Waals surface area (Å²) in [5.41, 5.74) is 3.96. The Morgan fingerprint density at radius 1 is 1.13 bits per heavy atom. The van der Waals surface area contributed by atoms with Gasteiger partial charge in [0.25, 0.3) is 11.5 Å². The molecule has 1 N–H and O–H groups in total. The van der Waals surface area contributed by atoms with E-state index in [0.29, 0.717) is 27.5 Å². The molecule has 0 unspecified atom stereocenters. The third kappa shape index (κ3) is 3.43. The number of rotatable bonds is 4. The van der Waals surface area contributed by atoms with E-state index in [1.807, 2.05) is 37.3 Å². The first-order valence-corrected chi connectivity index (χ1v) is 10.6. The summed E-state index contributed by atoms with van der Waals surface area (Å²) in [5, 5.41) is 8.84. The van der Waals surface area contributed by atoms with Crippen LogP contribution >= 0.6 is 11.6 Å². The molecule has 0 atom stereocenters. The Kier molecular flexibility index (Phi) is 4.67. The highest BCUT2D eigenvalue weighted by Crippen LogP contribution is 2.28. The number of aryl methyl sites for hydroxylation is 2. The summed E-state index contributed by atoms with van der Waals surface area (Å²) >= 11 is 6.36. The van der Waals surface area contributed by atoms with E-state index in [2.05, 4.69) is 10.4 Å². The first-order valence-electron chi connectivity index (χ1n) is 10.2. The molecule has 0 bridgehead atoms. The van der Waals surface area contributed by atoms with Crippen LogP contribution in [-0.2, 0) is 7.05 Å². The third-order valence-corrected chi connectivity index (χ3v) is 6.03. The predicted octanol–water partition coefficient (Wildman–Crippen LogP) is 4.25. The van der Waals surface area contributed by atoms with E-state index in [9.17, 15) is 9.59 Å².